The average molecular weight is 1650 g/mol. The summed E-state index contributed by atoms with van der Waals surface area (Å²) in [6.45, 7) is 22.1. The minimum atomic E-state index is -3.28. The molecule has 0 radical (unpaired) electrons. The van der Waals surface area contributed by atoms with Crippen molar-refractivity contribution >= 4 is 65.6 Å². The van der Waals surface area contributed by atoms with Gasteiger partial charge >= 0.3 is 38.5 Å². The molecule has 4 aromatic heterocycles. The maximum atomic E-state index is 13.9. The summed E-state index contributed by atoms with van der Waals surface area (Å²) in [4.78, 5) is 59.7. The lowest BCUT2D eigenvalue weighted by Gasteiger charge is -2.32. The van der Waals surface area contributed by atoms with Gasteiger partial charge in [-0.15, -0.1) is 10.2 Å². The smallest absolute Gasteiger partial charge is 0.460 e. The SMILES string of the molecule is CC(C)(C)OC(=O)CCc1ccc(Cl)nn1.CC(C)(C)OC(=O)NCc1ccc(-c2ccc([C@H]3OC(C)(C)N(C(=O)C(F)F)[C@@H]3CF)cc2)nn1.CC1(C)O[C@H](c2ccc(B3OC(C)(C)C(C)(C)O3)cc2)[C@@H](CF)N1C(=O)C(F)F.NCc1ccc(-c2ccc([C@@H](O)[C@@H](CF)NC(=O)C(F)F)cc2)nn1.NCc1ccc(Cl)nn1. The van der Waals surface area contributed by atoms with E-state index in [-0.39, 0.29) is 24.6 Å². The second kappa shape index (κ2) is 40.9. The van der Waals surface area contributed by atoms with Crippen LogP contribution in [0.4, 0.5) is 44.3 Å². The number of ether oxygens (including phenoxy) is 4. The van der Waals surface area contributed by atoms with Crippen LogP contribution in [-0.4, -0.2) is 184 Å². The zero-order valence-corrected chi connectivity index (χ0v) is 66.7. The van der Waals surface area contributed by atoms with E-state index in [0.29, 0.717) is 74.7 Å². The van der Waals surface area contributed by atoms with Gasteiger partial charge in [0.2, 0.25) is 0 Å². The lowest BCUT2D eigenvalue weighted by atomic mass is 9.78. The molecule has 10 rings (SSSR count). The van der Waals surface area contributed by atoms with Gasteiger partial charge in [-0.05, 0) is 168 Å². The fourth-order valence-corrected chi connectivity index (χ4v) is 11.6. The molecule has 3 aromatic carbocycles. The maximum Gasteiger partial charge on any atom is 0.494 e. The summed E-state index contributed by atoms with van der Waals surface area (Å²) < 4.78 is 151. The van der Waals surface area contributed by atoms with E-state index in [0.717, 1.165) is 26.7 Å². The van der Waals surface area contributed by atoms with Crippen LogP contribution in [0.15, 0.2) is 121 Å². The highest BCUT2D eigenvalue weighted by atomic mass is 35.5. The molecule has 7 N–H and O–H groups in total. The number of alkyl carbamates (subject to hydrolysis) is 1. The van der Waals surface area contributed by atoms with Crippen LogP contribution in [0, 0.1) is 0 Å². The molecular formula is C76H94BCl2F9N14O12. The Morgan fingerprint density at radius 1 is 0.544 bits per heavy atom. The Morgan fingerprint density at radius 2 is 0.947 bits per heavy atom. The molecular weight excluding hydrogens is 1550 g/mol. The Kier molecular flexibility index (Phi) is 33.6. The van der Waals surface area contributed by atoms with Gasteiger partial charge in [-0.1, -0.05) is 96.0 Å². The van der Waals surface area contributed by atoms with Gasteiger partial charge in [0.05, 0.1) is 76.5 Å². The number of nitrogens with two attached hydrogens (primary N) is 2. The van der Waals surface area contributed by atoms with Crippen molar-refractivity contribution < 1.29 is 96.8 Å². The summed E-state index contributed by atoms with van der Waals surface area (Å²) in [6.07, 6.45) is -12.7. The van der Waals surface area contributed by atoms with Crippen LogP contribution in [0.2, 0.25) is 10.3 Å². The van der Waals surface area contributed by atoms with Crippen molar-refractivity contribution in [2.24, 2.45) is 11.5 Å². The molecule has 3 aliphatic heterocycles. The molecule has 0 spiro atoms. The number of alkyl halides is 9. The van der Waals surface area contributed by atoms with Gasteiger partial charge in [-0.25, -0.2) is 18.0 Å². The van der Waals surface area contributed by atoms with Gasteiger partial charge in [-0.3, -0.25) is 19.2 Å². The summed E-state index contributed by atoms with van der Waals surface area (Å²) in [7, 11) is -0.552. The molecule has 38 heteroatoms. The number of aryl methyl sites for hydroxylation is 1. The summed E-state index contributed by atoms with van der Waals surface area (Å²) in [5.74, 6) is -4.76. The first kappa shape index (κ1) is 93.7. The van der Waals surface area contributed by atoms with Crippen molar-refractivity contribution in [3.63, 3.8) is 0 Å². The zero-order valence-electron chi connectivity index (χ0n) is 65.2. The molecule has 3 aliphatic rings. The first-order valence-corrected chi connectivity index (χ1v) is 36.4. The minimum absolute atomic E-state index is 0.147. The molecule has 0 bridgehead atoms. The van der Waals surface area contributed by atoms with Gasteiger partial charge in [-0.2, -0.15) is 56.9 Å². The largest absolute Gasteiger partial charge is 0.494 e. The van der Waals surface area contributed by atoms with Crippen LogP contribution < -0.4 is 27.6 Å². The molecule has 3 saturated heterocycles. The number of carbonyl (C=O) groups is 5. The van der Waals surface area contributed by atoms with Crippen LogP contribution in [0.1, 0.15) is 161 Å². The van der Waals surface area contributed by atoms with Crippen LogP contribution in [0.25, 0.3) is 22.5 Å². The predicted octanol–water partition coefficient (Wildman–Crippen LogP) is 12.0. The average Bonchev–Trinajstić information content (AvgIpc) is 1.63. The molecule has 0 saturated carbocycles. The lowest BCUT2D eigenvalue weighted by Crippen LogP contribution is -2.51. The second-order valence-corrected chi connectivity index (χ2v) is 30.6. The van der Waals surface area contributed by atoms with E-state index in [1.54, 1.807) is 135 Å². The fraction of sp³-hybridized carbons (Fsp3) is 0.487. The van der Waals surface area contributed by atoms with Crippen molar-refractivity contribution in [2.75, 3.05) is 20.0 Å². The Labute approximate surface area is 664 Å². The van der Waals surface area contributed by atoms with Gasteiger partial charge in [0, 0.05) is 30.6 Å². The first-order chi connectivity index (χ1) is 53.3. The Balaban J connectivity index is 0.000000234. The van der Waals surface area contributed by atoms with Crippen molar-refractivity contribution in [2.45, 2.75) is 219 Å². The number of carbonyl (C=O) groups excluding carboxylic acids is 5. The monoisotopic (exact) mass is 1650 g/mol. The number of amides is 4. The zero-order chi connectivity index (χ0) is 85.0. The van der Waals surface area contributed by atoms with Gasteiger partial charge in [0.1, 0.15) is 61.0 Å². The van der Waals surface area contributed by atoms with Crippen molar-refractivity contribution in [3.05, 3.63) is 171 Å². The van der Waals surface area contributed by atoms with Crippen LogP contribution >= 0.6 is 23.2 Å². The van der Waals surface area contributed by atoms with Gasteiger partial charge in [0.25, 0.3) is 17.7 Å². The summed E-state index contributed by atoms with van der Waals surface area (Å²) in [6, 6.07) is 30.0. The van der Waals surface area contributed by atoms with E-state index in [2.05, 4.69) is 46.1 Å². The van der Waals surface area contributed by atoms with Crippen LogP contribution in [0.5, 0.6) is 0 Å². The number of aliphatic hydroxyl groups is 1. The fourth-order valence-electron chi connectivity index (χ4n) is 11.4. The number of esters is 1. The maximum absolute atomic E-state index is 13.9. The standard InChI is InChI=1S/C24H29F3N4O4.C20H27BF3NO4.C16H17F3N4O2.C11H15ClN2O2.C5H6ClN3/c1-23(2,3)35-22(33)28-13-16-10-11-17(30-29-16)14-6-8-15(9-7-14)19-18(12-25)31(21(32)20(26)27)24(4,5)34-19;1-18(2)19(3,4)29-21(28-18)13-9-7-12(8-10-13)15-14(11-22)25(17(26)16(23)24)20(5,6)27-15;17-7-13(21-16(25)15(18)19)14(24)10-3-1-9(2-4-10)12-6-5-11(8-20)22-23-12;1-11(2,3)16-10(15)7-5-8-4-6-9(12)14-13-8;6-5-2-1-4(3-7)8-9-5/h6-11,18-20H,12-13H2,1-5H3,(H,28,33);7-10,14-16H,11H2,1-6H3;1-6,13-15,24H,7-8,20H2,(H,21,25);4,6H,5,7H2,1-3H3;1-2H,3,7H2/t18-,19-;14-,15-;13-,14-;;/m111../s1. The summed E-state index contributed by atoms with van der Waals surface area (Å²) >= 11 is 11.1. The molecule has 6 atom stereocenters. The number of hydrogen-bond acceptors (Lipinski definition) is 22. The normalized spacial score (nSPS) is 18.4. The number of hydrogen-bond donors (Lipinski definition) is 5. The van der Waals surface area contributed by atoms with Crippen LogP contribution in [-0.2, 0) is 73.5 Å². The molecule has 114 heavy (non-hydrogen) atoms. The molecule has 7 heterocycles. The van der Waals surface area contributed by atoms with E-state index in [1.807, 2.05) is 48.5 Å². The topological polar surface area (TPSA) is 347 Å². The third kappa shape index (κ3) is 26.7. The highest BCUT2D eigenvalue weighted by Gasteiger charge is 2.55. The number of nitrogens with zero attached hydrogens (tertiary/aromatic N) is 10. The van der Waals surface area contributed by atoms with E-state index in [9.17, 15) is 68.6 Å². The number of halogens is 11. The highest BCUT2D eigenvalue weighted by molar-refractivity contribution is 6.62. The van der Waals surface area contributed by atoms with E-state index >= 15 is 0 Å². The number of aromatic nitrogens is 8. The summed E-state index contributed by atoms with van der Waals surface area (Å²) in [5, 5.41) is 46.3. The first-order valence-electron chi connectivity index (χ1n) is 35.7. The van der Waals surface area contributed by atoms with Crippen LogP contribution in [0.3, 0.4) is 0 Å². The summed E-state index contributed by atoms with van der Waals surface area (Å²) in [5.41, 5.74) is 13.3. The minimum Gasteiger partial charge on any atom is -0.460 e. The molecule has 0 unspecified atom stereocenters. The highest BCUT2D eigenvalue weighted by Crippen LogP contribution is 2.44. The Morgan fingerprint density at radius 3 is 1.32 bits per heavy atom. The quantitative estimate of drug-likeness (QED) is 0.0253. The molecule has 26 nitrogen and oxygen atoms in total. The number of aliphatic hydroxyl groups excluding tert-OH is 1. The third-order valence-electron chi connectivity index (χ3n) is 17.5. The van der Waals surface area contributed by atoms with Gasteiger partial charge in [0.15, 0.2) is 10.3 Å². The number of benzene rings is 3. The predicted molar refractivity (Wildman–Crippen MR) is 404 cm³/mol. The molecule has 620 valence electrons. The molecule has 7 aromatic rings. The van der Waals surface area contributed by atoms with Crippen molar-refractivity contribution in [1.29, 1.82) is 0 Å². The van der Waals surface area contributed by atoms with Crippen molar-refractivity contribution in [1.82, 2.24) is 61.2 Å². The number of rotatable bonds is 21. The molecule has 4 amide bonds. The Bertz CT molecular complexity index is 4230. The molecule has 0 aliphatic carbocycles. The van der Waals surface area contributed by atoms with Crippen molar-refractivity contribution in [3.8, 4) is 22.5 Å². The Hall–Kier alpha value is -9.14. The van der Waals surface area contributed by atoms with E-state index < -0.39 is 141 Å². The van der Waals surface area contributed by atoms with E-state index in [4.69, 9.17) is 62.9 Å². The lowest BCUT2D eigenvalue weighted by molar-refractivity contribution is -0.160. The van der Waals surface area contributed by atoms with E-state index in [1.165, 1.54) is 39.8 Å². The number of nitrogens with one attached hydrogen (secondary N) is 2. The molecule has 3 fully saturated rings. The van der Waals surface area contributed by atoms with Gasteiger partial charge < -0.3 is 65.3 Å². The third-order valence-corrected chi connectivity index (χ3v) is 17.9. The second-order valence-electron chi connectivity index (χ2n) is 29.8.